The SMILES string of the molecule is CN(Cc1c(Br)cnn1C)C(=S)Nc1cccc(Cl)c1. The molecular formula is C13H14BrClN4S. The van der Waals surface area contributed by atoms with Crippen molar-refractivity contribution in [1.82, 2.24) is 14.7 Å². The molecule has 2 aromatic rings. The van der Waals surface area contributed by atoms with E-state index in [2.05, 4.69) is 26.3 Å². The van der Waals surface area contributed by atoms with Crippen molar-refractivity contribution in [3.63, 3.8) is 0 Å². The molecule has 0 aliphatic heterocycles. The summed E-state index contributed by atoms with van der Waals surface area (Å²) in [7, 11) is 3.83. The number of rotatable bonds is 3. The van der Waals surface area contributed by atoms with E-state index in [1.165, 1.54) is 0 Å². The van der Waals surface area contributed by atoms with Gasteiger partial charge in [0.05, 0.1) is 22.9 Å². The third-order valence-corrected chi connectivity index (χ3v) is 4.13. The van der Waals surface area contributed by atoms with Gasteiger partial charge in [0, 0.05) is 24.8 Å². The molecule has 20 heavy (non-hydrogen) atoms. The number of nitrogens with one attached hydrogen (secondary N) is 1. The number of nitrogens with zero attached hydrogens (tertiary/aromatic N) is 3. The highest BCUT2D eigenvalue weighted by molar-refractivity contribution is 9.10. The Morgan fingerprint density at radius 1 is 1.55 bits per heavy atom. The Bertz CT molecular complexity index is 609. The minimum atomic E-state index is 0.625. The van der Waals surface area contributed by atoms with Crippen LogP contribution in [0.2, 0.25) is 5.02 Å². The zero-order valence-corrected chi connectivity index (χ0v) is 14.3. The highest BCUT2D eigenvalue weighted by Crippen LogP contribution is 2.18. The van der Waals surface area contributed by atoms with E-state index < -0.39 is 0 Å². The smallest absolute Gasteiger partial charge is 0.173 e. The van der Waals surface area contributed by atoms with Crippen LogP contribution in [0.4, 0.5) is 5.69 Å². The number of anilines is 1. The van der Waals surface area contributed by atoms with Crippen LogP contribution in [0.5, 0.6) is 0 Å². The van der Waals surface area contributed by atoms with Gasteiger partial charge in [-0.1, -0.05) is 17.7 Å². The number of hydrogen-bond donors (Lipinski definition) is 1. The van der Waals surface area contributed by atoms with E-state index >= 15 is 0 Å². The maximum atomic E-state index is 5.95. The number of benzene rings is 1. The van der Waals surface area contributed by atoms with Crippen LogP contribution in [0.1, 0.15) is 5.69 Å². The van der Waals surface area contributed by atoms with E-state index in [-0.39, 0.29) is 0 Å². The average Bonchev–Trinajstić information content (AvgIpc) is 2.70. The van der Waals surface area contributed by atoms with E-state index in [0.717, 1.165) is 15.9 Å². The molecule has 0 saturated heterocycles. The lowest BCUT2D eigenvalue weighted by atomic mass is 10.3. The van der Waals surface area contributed by atoms with Crippen LogP contribution in [0.25, 0.3) is 0 Å². The van der Waals surface area contributed by atoms with Crippen LogP contribution in [-0.4, -0.2) is 26.8 Å². The summed E-state index contributed by atoms with van der Waals surface area (Å²) in [5.41, 5.74) is 1.93. The third-order valence-electron chi connectivity index (χ3n) is 2.82. The molecule has 1 aromatic heterocycles. The van der Waals surface area contributed by atoms with Crippen molar-refractivity contribution in [3.8, 4) is 0 Å². The quantitative estimate of drug-likeness (QED) is 0.832. The van der Waals surface area contributed by atoms with Crippen LogP contribution >= 0.6 is 39.7 Å². The predicted octanol–water partition coefficient (Wildman–Crippen LogP) is 3.66. The Labute approximate surface area is 136 Å². The van der Waals surface area contributed by atoms with Crippen LogP contribution in [0, 0.1) is 0 Å². The largest absolute Gasteiger partial charge is 0.346 e. The van der Waals surface area contributed by atoms with Crippen LogP contribution in [0.3, 0.4) is 0 Å². The van der Waals surface area contributed by atoms with Gasteiger partial charge in [0.2, 0.25) is 0 Å². The fraction of sp³-hybridized carbons (Fsp3) is 0.231. The molecule has 106 valence electrons. The van der Waals surface area contributed by atoms with Gasteiger partial charge in [-0.25, -0.2) is 0 Å². The summed E-state index contributed by atoms with van der Waals surface area (Å²) < 4.78 is 2.79. The molecule has 0 unspecified atom stereocenters. The van der Waals surface area contributed by atoms with Crippen molar-refractivity contribution in [2.24, 2.45) is 7.05 Å². The second kappa shape index (κ2) is 6.56. The van der Waals surface area contributed by atoms with Gasteiger partial charge in [-0.2, -0.15) is 5.10 Å². The Hall–Kier alpha value is -1.11. The molecule has 0 atom stereocenters. The number of thiocarbonyl (C=S) groups is 1. The van der Waals surface area contributed by atoms with E-state index in [1.807, 2.05) is 47.9 Å². The molecule has 0 aliphatic carbocycles. The normalized spacial score (nSPS) is 10.4. The lowest BCUT2D eigenvalue weighted by Gasteiger charge is -2.21. The molecule has 1 heterocycles. The molecule has 2 rings (SSSR count). The van der Waals surface area contributed by atoms with Crippen molar-refractivity contribution in [2.45, 2.75) is 6.54 Å². The Morgan fingerprint density at radius 2 is 2.30 bits per heavy atom. The van der Waals surface area contributed by atoms with Crippen LogP contribution in [-0.2, 0) is 13.6 Å². The van der Waals surface area contributed by atoms with Crippen LogP contribution in [0.15, 0.2) is 34.9 Å². The number of aryl methyl sites for hydroxylation is 1. The maximum Gasteiger partial charge on any atom is 0.173 e. The molecule has 0 radical (unpaired) electrons. The lowest BCUT2D eigenvalue weighted by Crippen LogP contribution is -2.31. The monoisotopic (exact) mass is 372 g/mol. The van der Waals surface area contributed by atoms with Crippen molar-refractivity contribution in [3.05, 3.63) is 45.7 Å². The predicted molar refractivity (Wildman–Crippen MR) is 90.0 cm³/mol. The number of aromatic nitrogens is 2. The highest BCUT2D eigenvalue weighted by atomic mass is 79.9. The summed E-state index contributed by atoms with van der Waals surface area (Å²) in [6, 6.07) is 7.46. The fourth-order valence-corrected chi connectivity index (χ4v) is 2.54. The zero-order valence-electron chi connectivity index (χ0n) is 11.1. The van der Waals surface area contributed by atoms with Crippen LogP contribution < -0.4 is 5.32 Å². The van der Waals surface area contributed by atoms with E-state index in [1.54, 1.807) is 6.20 Å². The Balaban J connectivity index is 2.02. The lowest BCUT2D eigenvalue weighted by molar-refractivity contribution is 0.481. The molecule has 1 N–H and O–H groups in total. The minimum absolute atomic E-state index is 0.625. The summed E-state index contributed by atoms with van der Waals surface area (Å²) in [6.45, 7) is 0.656. The summed E-state index contributed by atoms with van der Waals surface area (Å²) in [6.07, 6.45) is 1.77. The van der Waals surface area contributed by atoms with Gasteiger partial charge in [0.15, 0.2) is 5.11 Å². The second-order valence-electron chi connectivity index (χ2n) is 4.36. The van der Waals surface area contributed by atoms with Crippen molar-refractivity contribution >= 4 is 50.5 Å². The molecule has 0 saturated carbocycles. The van der Waals surface area contributed by atoms with Gasteiger partial charge in [-0.05, 0) is 46.3 Å². The number of hydrogen-bond acceptors (Lipinski definition) is 2. The van der Waals surface area contributed by atoms with Gasteiger partial charge in [0.1, 0.15) is 0 Å². The highest BCUT2D eigenvalue weighted by Gasteiger charge is 2.11. The van der Waals surface area contributed by atoms with Crippen molar-refractivity contribution in [1.29, 1.82) is 0 Å². The summed E-state index contributed by atoms with van der Waals surface area (Å²) in [5.74, 6) is 0. The average molecular weight is 374 g/mol. The first kappa shape index (κ1) is 15.3. The first-order chi connectivity index (χ1) is 9.47. The zero-order chi connectivity index (χ0) is 14.7. The van der Waals surface area contributed by atoms with Gasteiger partial charge in [0.25, 0.3) is 0 Å². The molecule has 0 spiro atoms. The molecule has 0 amide bonds. The standard InChI is InChI=1S/C13H14BrClN4S/c1-18(8-12-11(14)7-16-19(12)2)13(20)17-10-5-3-4-9(15)6-10/h3-7H,8H2,1-2H3,(H,17,20). The Morgan fingerprint density at radius 3 is 2.90 bits per heavy atom. The second-order valence-corrected chi connectivity index (χ2v) is 6.04. The fourth-order valence-electron chi connectivity index (χ4n) is 1.70. The molecule has 0 fully saturated rings. The van der Waals surface area contributed by atoms with E-state index in [0.29, 0.717) is 16.7 Å². The number of halogens is 2. The van der Waals surface area contributed by atoms with Gasteiger partial charge in [-0.3, -0.25) is 4.68 Å². The minimum Gasteiger partial charge on any atom is -0.346 e. The van der Waals surface area contributed by atoms with E-state index in [4.69, 9.17) is 23.8 Å². The molecule has 4 nitrogen and oxygen atoms in total. The van der Waals surface area contributed by atoms with Crippen molar-refractivity contribution in [2.75, 3.05) is 12.4 Å². The van der Waals surface area contributed by atoms with Crippen molar-refractivity contribution < 1.29 is 0 Å². The summed E-state index contributed by atoms with van der Waals surface area (Å²) >= 11 is 14.8. The first-order valence-corrected chi connectivity index (χ1v) is 7.49. The molecular weight excluding hydrogens is 360 g/mol. The topological polar surface area (TPSA) is 33.1 Å². The van der Waals surface area contributed by atoms with E-state index in [9.17, 15) is 0 Å². The van der Waals surface area contributed by atoms with Gasteiger partial charge < -0.3 is 10.2 Å². The molecule has 1 aromatic carbocycles. The van der Waals surface area contributed by atoms with Gasteiger partial charge >= 0.3 is 0 Å². The first-order valence-electron chi connectivity index (χ1n) is 5.91. The Kier molecular flexibility index (Phi) is 5.01. The maximum absolute atomic E-state index is 5.95. The summed E-state index contributed by atoms with van der Waals surface area (Å²) in [4.78, 5) is 1.94. The molecule has 0 bridgehead atoms. The summed E-state index contributed by atoms with van der Waals surface area (Å²) in [5, 5.41) is 8.65. The molecule has 7 heteroatoms. The van der Waals surface area contributed by atoms with Gasteiger partial charge in [-0.15, -0.1) is 0 Å². The molecule has 0 aliphatic rings. The third kappa shape index (κ3) is 3.71.